The SMILES string of the molecule is CCN(Cc1cccs1)C(=O)CCc1cccc(Br)c1. The highest BCUT2D eigenvalue weighted by molar-refractivity contribution is 9.10. The van der Waals surface area contributed by atoms with Crippen molar-refractivity contribution in [3.63, 3.8) is 0 Å². The topological polar surface area (TPSA) is 20.3 Å². The highest BCUT2D eigenvalue weighted by Gasteiger charge is 2.12. The second-order valence-corrected chi connectivity index (χ2v) is 6.57. The van der Waals surface area contributed by atoms with Crippen LogP contribution in [0.4, 0.5) is 0 Å². The molecule has 20 heavy (non-hydrogen) atoms. The van der Waals surface area contributed by atoms with E-state index >= 15 is 0 Å². The van der Waals surface area contributed by atoms with Gasteiger partial charge in [0.1, 0.15) is 0 Å². The molecule has 0 radical (unpaired) electrons. The van der Waals surface area contributed by atoms with Crippen molar-refractivity contribution in [3.8, 4) is 0 Å². The van der Waals surface area contributed by atoms with Gasteiger partial charge in [0.2, 0.25) is 5.91 Å². The zero-order valence-electron chi connectivity index (χ0n) is 11.5. The fraction of sp³-hybridized carbons (Fsp3) is 0.312. The van der Waals surface area contributed by atoms with Gasteiger partial charge >= 0.3 is 0 Å². The van der Waals surface area contributed by atoms with Gasteiger partial charge in [-0.2, -0.15) is 0 Å². The van der Waals surface area contributed by atoms with Crippen molar-refractivity contribution >= 4 is 33.2 Å². The number of thiophene rings is 1. The van der Waals surface area contributed by atoms with Crippen LogP contribution in [-0.2, 0) is 17.8 Å². The van der Waals surface area contributed by atoms with Crippen LogP contribution in [0.25, 0.3) is 0 Å². The molecule has 0 spiro atoms. The summed E-state index contributed by atoms with van der Waals surface area (Å²) in [5.74, 6) is 0.223. The summed E-state index contributed by atoms with van der Waals surface area (Å²) >= 11 is 5.16. The molecule has 1 aromatic carbocycles. The van der Waals surface area contributed by atoms with E-state index in [2.05, 4.69) is 39.5 Å². The molecule has 0 fully saturated rings. The van der Waals surface area contributed by atoms with Crippen molar-refractivity contribution in [3.05, 3.63) is 56.7 Å². The zero-order chi connectivity index (χ0) is 14.4. The number of carbonyl (C=O) groups is 1. The van der Waals surface area contributed by atoms with E-state index in [1.165, 1.54) is 10.4 Å². The molecular weight excluding hydrogens is 334 g/mol. The summed E-state index contributed by atoms with van der Waals surface area (Å²) in [5, 5.41) is 2.05. The van der Waals surface area contributed by atoms with Gasteiger partial charge in [-0.25, -0.2) is 0 Å². The van der Waals surface area contributed by atoms with Crippen LogP contribution in [0.3, 0.4) is 0 Å². The minimum absolute atomic E-state index is 0.223. The molecule has 2 rings (SSSR count). The van der Waals surface area contributed by atoms with Crippen LogP contribution in [0, 0.1) is 0 Å². The summed E-state index contributed by atoms with van der Waals surface area (Å²) in [6.07, 6.45) is 1.36. The molecular formula is C16H18BrNOS. The fourth-order valence-corrected chi connectivity index (χ4v) is 3.23. The molecule has 0 N–H and O–H groups in total. The quantitative estimate of drug-likeness (QED) is 0.750. The van der Waals surface area contributed by atoms with Gasteiger partial charge in [0.05, 0.1) is 6.54 Å². The highest BCUT2D eigenvalue weighted by atomic mass is 79.9. The van der Waals surface area contributed by atoms with Gasteiger partial charge in [-0.05, 0) is 42.5 Å². The number of amides is 1. The molecule has 2 aromatic rings. The number of halogens is 1. The van der Waals surface area contributed by atoms with Crippen molar-refractivity contribution < 1.29 is 4.79 Å². The van der Waals surface area contributed by atoms with Crippen LogP contribution < -0.4 is 0 Å². The zero-order valence-corrected chi connectivity index (χ0v) is 13.9. The molecule has 0 atom stereocenters. The van der Waals surface area contributed by atoms with Gasteiger partial charge in [0.25, 0.3) is 0 Å². The largest absolute Gasteiger partial charge is 0.338 e. The molecule has 0 saturated carbocycles. The van der Waals surface area contributed by atoms with Gasteiger partial charge in [-0.3, -0.25) is 4.79 Å². The number of aryl methyl sites for hydroxylation is 1. The van der Waals surface area contributed by atoms with E-state index in [9.17, 15) is 4.79 Å². The van der Waals surface area contributed by atoms with Gasteiger partial charge in [0.15, 0.2) is 0 Å². The first-order chi connectivity index (χ1) is 9.69. The minimum atomic E-state index is 0.223. The summed E-state index contributed by atoms with van der Waals surface area (Å²) in [5.41, 5.74) is 1.19. The lowest BCUT2D eigenvalue weighted by atomic mass is 10.1. The maximum Gasteiger partial charge on any atom is 0.223 e. The third-order valence-corrected chi connectivity index (χ3v) is 4.53. The summed E-state index contributed by atoms with van der Waals surface area (Å²) in [6, 6.07) is 12.2. The first-order valence-electron chi connectivity index (χ1n) is 6.73. The number of hydrogen-bond donors (Lipinski definition) is 0. The predicted molar refractivity (Wildman–Crippen MR) is 87.9 cm³/mol. The maximum atomic E-state index is 12.3. The van der Waals surface area contributed by atoms with Crippen molar-refractivity contribution in [1.29, 1.82) is 0 Å². The summed E-state index contributed by atoms with van der Waals surface area (Å²) in [4.78, 5) is 15.4. The lowest BCUT2D eigenvalue weighted by molar-refractivity contribution is -0.131. The molecule has 1 heterocycles. The van der Waals surface area contributed by atoms with Crippen molar-refractivity contribution in [2.45, 2.75) is 26.3 Å². The highest BCUT2D eigenvalue weighted by Crippen LogP contribution is 2.15. The smallest absolute Gasteiger partial charge is 0.223 e. The van der Waals surface area contributed by atoms with Crippen LogP contribution in [-0.4, -0.2) is 17.4 Å². The Labute approximate surface area is 132 Å². The van der Waals surface area contributed by atoms with E-state index in [0.717, 1.165) is 24.0 Å². The minimum Gasteiger partial charge on any atom is -0.338 e. The Morgan fingerprint density at radius 2 is 2.15 bits per heavy atom. The molecule has 0 aliphatic heterocycles. The molecule has 2 nitrogen and oxygen atoms in total. The molecule has 0 aliphatic carbocycles. The second kappa shape index (κ2) is 7.60. The Balaban J connectivity index is 1.89. The maximum absolute atomic E-state index is 12.3. The number of benzene rings is 1. The normalized spacial score (nSPS) is 10.5. The van der Waals surface area contributed by atoms with E-state index in [1.807, 2.05) is 30.0 Å². The molecule has 1 aromatic heterocycles. The average molecular weight is 352 g/mol. The lowest BCUT2D eigenvalue weighted by Gasteiger charge is -2.20. The van der Waals surface area contributed by atoms with Crippen LogP contribution in [0.1, 0.15) is 23.8 Å². The van der Waals surface area contributed by atoms with Crippen LogP contribution >= 0.6 is 27.3 Å². The standard InChI is InChI=1S/C16H18BrNOS/c1-2-18(12-15-7-4-10-20-15)16(19)9-8-13-5-3-6-14(17)11-13/h3-7,10-11H,2,8-9,12H2,1H3. The number of rotatable bonds is 6. The summed E-state index contributed by atoms with van der Waals surface area (Å²) in [7, 11) is 0. The third kappa shape index (κ3) is 4.46. The summed E-state index contributed by atoms with van der Waals surface area (Å²) in [6.45, 7) is 3.52. The average Bonchev–Trinajstić information content (AvgIpc) is 2.95. The first kappa shape index (κ1) is 15.3. The van der Waals surface area contributed by atoms with Crippen LogP contribution in [0.15, 0.2) is 46.3 Å². The van der Waals surface area contributed by atoms with Crippen molar-refractivity contribution in [1.82, 2.24) is 4.90 Å². The number of carbonyl (C=O) groups excluding carboxylic acids is 1. The van der Waals surface area contributed by atoms with E-state index in [1.54, 1.807) is 11.3 Å². The second-order valence-electron chi connectivity index (χ2n) is 4.62. The lowest BCUT2D eigenvalue weighted by Crippen LogP contribution is -2.30. The molecule has 0 unspecified atom stereocenters. The number of hydrogen-bond acceptors (Lipinski definition) is 2. The fourth-order valence-electron chi connectivity index (χ4n) is 2.07. The van der Waals surface area contributed by atoms with E-state index < -0.39 is 0 Å². The Kier molecular flexibility index (Phi) is 5.80. The van der Waals surface area contributed by atoms with Crippen LogP contribution in [0.2, 0.25) is 0 Å². The molecule has 1 amide bonds. The van der Waals surface area contributed by atoms with E-state index in [4.69, 9.17) is 0 Å². The monoisotopic (exact) mass is 351 g/mol. The van der Waals surface area contributed by atoms with Crippen molar-refractivity contribution in [2.24, 2.45) is 0 Å². The molecule has 0 aliphatic rings. The van der Waals surface area contributed by atoms with Gasteiger partial charge in [-0.1, -0.05) is 34.1 Å². The Bertz CT molecular complexity index is 553. The predicted octanol–water partition coefficient (Wildman–Crippen LogP) is 4.49. The molecule has 0 saturated heterocycles. The van der Waals surface area contributed by atoms with E-state index in [-0.39, 0.29) is 5.91 Å². The Morgan fingerprint density at radius 1 is 1.30 bits per heavy atom. The Hall–Kier alpha value is -1.13. The molecule has 4 heteroatoms. The number of nitrogens with zero attached hydrogens (tertiary/aromatic N) is 1. The van der Waals surface area contributed by atoms with Crippen molar-refractivity contribution in [2.75, 3.05) is 6.54 Å². The van der Waals surface area contributed by atoms with Gasteiger partial charge in [-0.15, -0.1) is 11.3 Å². The first-order valence-corrected chi connectivity index (χ1v) is 8.41. The summed E-state index contributed by atoms with van der Waals surface area (Å²) < 4.78 is 1.06. The molecule has 106 valence electrons. The van der Waals surface area contributed by atoms with Gasteiger partial charge in [0, 0.05) is 22.3 Å². The molecule has 0 bridgehead atoms. The Morgan fingerprint density at radius 3 is 2.80 bits per heavy atom. The third-order valence-electron chi connectivity index (χ3n) is 3.18. The van der Waals surface area contributed by atoms with E-state index in [0.29, 0.717) is 6.42 Å². The van der Waals surface area contributed by atoms with Crippen LogP contribution in [0.5, 0.6) is 0 Å². The van der Waals surface area contributed by atoms with Gasteiger partial charge < -0.3 is 4.90 Å².